The Kier molecular flexibility index (Phi) is 40.3. The van der Waals surface area contributed by atoms with Gasteiger partial charge in [-0.2, -0.15) is 16.8 Å². The predicted octanol–water partition coefficient (Wildman–Crippen LogP) is 19.3. The van der Waals surface area contributed by atoms with Crippen LogP contribution in [0.2, 0.25) is 0 Å². The van der Waals surface area contributed by atoms with Gasteiger partial charge in [-0.15, -0.1) is 0 Å². The van der Waals surface area contributed by atoms with Gasteiger partial charge in [0.1, 0.15) is 22.1 Å². The number of carbonyl (C=O) groups is 4. The van der Waals surface area contributed by atoms with Crippen LogP contribution in [0.3, 0.4) is 0 Å². The topological polar surface area (TPSA) is 221 Å². The van der Waals surface area contributed by atoms with Crippen molar-refractivity contribution in [2.45, 2.75) is 193 Å². The third-order valence-electron chi connectivity index (χ3n) is 23.8. The molecule has 0 radical (unpaired) electrons. The first kappa shape index (κ1) is 99.9. The van der Waals surface area contributed by atoms with Crippen LogP contribution in [0, 0.1) is 20.8 Å². The standard InChI is InChI=1S/C29H34N2O4S.C23H30N2O.2C22H28N2O2.C8H10O3S.CH4/c1-3-29(32)31(25-9-5-4-6-10-25)26-17-20-30(21-18-26)19-16-24-8-7-11-27(22-24)35-36(33,34)28-14-12-23(2)13-15-28;1-3-23(26)25(21-10-5-4-6-11-21)22-13-16-24(17-14-22)15-12-20-9-7-8-19(2)18-20;2*1-2-22(26)24(19-8-4-3-5-9-19)20-12-15-23(16-13-20)14-11-18-7-6-10-21(25)17-18;1-7-3-5-8(6-4-7)12(9,10)11-2;/h4-15,22,26H,3,16-21H2,1-2H3;4-11,18,22H,3,12-17H2,1-2H3;2*3-10,17,20,25H,2,11-16H2,1H3;3-6H,1-2H3;1H4. The van der Waals surface area contributed by atoms with Crippen LogP contribution < -0.4 is 23.8 Å². The van der Waals surface area contributed by atoms with E-state index in [1.54, 1.807) is 60.7 Å². The maximum Gasteiger partial charge on any atom is 0.339 e. The molecule has 0 aromatic heterocycles. The fraction of sp³-hybridized carbons (Fsp3) is 0.390. The largest absolute Gasteiger partial charge is 0.508 e. The average molecular weight is 1760 g/mol. The highest BCUT2D eigenvalue weighted by molar-refractivity contribution is 7.87. The molecule has 4 saturated heterocycles. The molecule has 127 heavy (non-hydrogen) atoms. The number of amides is 4. The van der Waals surface area contributed by atoms with Crippen molar-refractivity contribution < 1.29 is 54.6 Å². The highest BCUT2D eigenvalue weighted by Crippen LogP contribution is 2.32. The number of nitrogens with zero attached hydrogens (tertiary/aromatic N) is 8. The van der Waals surface area contributed by atoms with Crippen molar-refractivity contribution >= 4 is 66.6 Å². The second-order valence-electron chi connectivity index (χ2n) is 32.9. The summed E-state index contributed by atoms with van der Waals surface area (Å²) in [6, 6.07) is 85.5. The van der Waals surface area contributed by atoms with Gasteiger partial charge in [0, 0.05) is 151 Å². The van der Waals surface area contributed by atoms with E-state index < -0.39 is 20.2 Å². The van der Waals surface area contributed by atoms with Gasteiger partial charge in [0.05, 0.1) is 12.0 Å². The van der Waals surface area contributed by atoms with E-state index >= 15 is 0 Å². The number of benzene rings is 10. The Labute approximate surface area is 757 Å². The van der Waals surface area contributed by atoms with Gasteiger partial charge in [-0.3, -0.25) is 23.4 Å². The Hall–Kier alpha value is -10.8. The van der Waals surface area contributed by atoms with Crippen molar-refractivity contribution in [1.29, 1.82) is 0 Å². The van der Waals surface area contributed by atoms with Crippen LogP contribution in [0.15, 0.2) is 277 Å². The first-order valence-electron chi connectivity index (χ1n) is 44.9. The van der Waals surface area contributed by atoms with E-state index in [0.717, 1.165) is 202 Å². The Balaban J connectivity index is 0.000000184. The van der Waals surface area contributed by atoms with Crippen LogP contribution >= 0.6 is 0 Å². The first-order valence-corrected chi connectivity index (χ1v) is 47.7. The number of piperidine rings is 4. The zero-order valence-corrected chi connectivity index (χ0v) is 76.5. The van der Waals surface area contributed by atoms with Crippen LogP contribution in [0.5, 0.6) is 17.2 Å². The van der Waals surface area contributed by atoms with E-state index in [0.29, 0.717) is 49.0 Å². The van der Waals surface area contributed by atoms with Crippen molar-refractivity contribution in [1.82, 2.24) is 19.6 Å². The number of rotatable bonds is 29. The molecule has 10 aromatic carbocycles. The molecule has 2 N–H and O–H groups in total. The average Bonchev–Trinajstić information content (AvgIpc) is 0.840. The third kappa shape index (κ3) is 31.3. The molecule has 0 unspecified atom stereocenters. The summed E-state index contributed by atoms with van der Waals surface area (Å²) >= 11 is 0. The number of aryl methyl sites for hydroxylation is 3. The number of carbonyl (C=O) groups excluding carboxylic acids is 4. The Morgan fingerprint density at radius 1 is 0.323 bits per heavy atom. The number of para-hydroxylation sites is 4. The van der Waals surface area contributed by atoms with Gasteiger partial charge in [-0.1, -0.05) is 210 Å². The second-order valence-corrected chi connectivity index (χ2v) is 36.1. The molecule has 4 fully saturated rings. The van der Waals surface area contributed by atoms with Crippen LogP contribution in [0.25, 0.3) is 0 Å². The lowest BCUT2D eigenvalue weighted by molar-refractivity contribution is -0.119. The van der Waals surface area contributed by atoms with Gasteiger partial charge >= 0.3 is 10.1 Å². The summed E-state index contributed by atoms with van der Waals surface area (Å²) in [5.41, 5.74) is 12.2. The van der Waals surface area contributed by atoms with Gasteiger partial charge in [0.15, 0.2) is 0 Å². The molecular formula is C105H134N8O12S2. The number of hydrogen-bond acceptors (Lipinski definition) is 16. The maximum absolute atomic E-state index is 12.7. The lowest BCUT2D eigenvalue weighted by Crippen LogP contribution is -2.47. The molecule has 0 atom stereocenters. The molecule has 0 aliphatic carbocycles. The van der Waals surface area contributed by atoms with Crippen LogP contribution in [-0.4, -0.2) is 180 Å². The first-order chi connectivity index (χ1) is 60.9. The number of phenols is 2. The minimum absolute atomic E-state index is 0. The highest BCUT2D eigenvalue weighted by Gasteiger charge is 2.33. The van der Waals surface area contributed by atoms with Gasteiger partial charge in [-0.05, 0) is 229 Å². The van der Waals surface area contributed by atoms with Crippen molar-refractivity contribution in [2.24, 2.45) is 0 Å². The molecule has 0 spiro atoms. The van der Waals surface area contributed by atoms with Crippen molar-refractivity contribution in [2.75, 3.05) is 105 Å². The van der Waals surface area contributed by atoms with Crippen molar-refractivity contribution in [3.05, 3.63) is 306 Å². The molecular weight excluding hydrogens is 1630 g/mol. The number of hydrogen-bond donors (Lipinski definition) is 2. The molecule has 20 nitrogen and oxygen atoms in total. The van der Waals surface area contributed by atoms with Crippen LogP contribution in [0.4, 0.5) is 22.7 Å². The summed E-state index contributed by atoms with van der Waals surface area (Å²) in [6.07, 6.45) is 13.9. The molecule has 0 saturated carbocycles. The van der Waals surface area contributed by atoms with E-state index in [-0.39, 0.29) is 59.0 Å². The highest BCUT2D eigenvalue weighted by atomic mass is 32.2. The molecule has 10 aromatic rings. The maximum atomic E-state index is 12.7. The summed E-state index contributed by atoms with van der Waals surface area (Å²) in [5, 5.41) is 19.2. The summed E-state index contributed by atoms with van der Waals surface area (Å²) in [7, 11) is -6.24. The summed E-state index contributed by atoms with van der Waals surface area (Å²) < 4.78 is 57.2. The fourth-order valence-corrected chi connectivity index (χ4v) is 18.3. The van der Waals surface area contributed by atoms with Crippen LogP contribution in [-0.2, 0) is 69.3 Å². The molecule has 4 aliphatic rings. The minimum Gasteiger partial charge on any atom is -0.508 e. The van der Waals surface area contributed by atoms with E-state index in [9.17, 15) is 46.2 Å². The number of aromatic hydroxyl groups is 2. The van der Waals surface area contributed by atoms with Gasteiger partial charge in [0.25, 0.3) is 10.1 Å². The molecule has 4 heterocycles. The smallest absolute Gasteiger partial charge is 0.339 e. The Morgan fingerprint density at radius 2 is 0.583 bits per heavy atom. The second kappa shape index (κ2) is 51.2. The van der Waals surface area contributed by atoms with Gasteiger partial charge in [0.2, 0.25) is 23.6 Å². The molecule has 22 heteroatoms. The number of likely N-dealkylation sites (tertiary alicyclic amines) is 4. The quantitative estimate of drug-likeness (QED) is 0.0416. The lowest BCUT2D eigenvalue weighted by Gasteiger charge is -2.38. The molecule has 678 valence electrons. The zero-order valence-electron chi connectivity index (χ0n) is 74.9. The number of anilines is 4. The van der Waals surface area contributed by atoms with Crippen LogP contribution in [0.1, 0.15) is 151 Å². The normalized spacial score (nSPS) is 15.0. The fourth-order valence-electron chi connectivity index (χ4n) is 16.7. The molecule has 4 aliphatic heterocycles. The monoisotopic (exact) mass is 1760 g/mol. The van der Waals surface area contributed by atoms with Gasteiger partial charge < -0.3 is 53.6 Å². The Bertz CT molecular complexity index is 4900. The SMILES string of the molecule is C.CCC(=O)N(c1ccccc1)C1CCN(CCc2cccc(C)c2)CC1.CCC(=O)N(c1ccccc1)C1CCN(CCc2cccc(O)c2)CC1.CCC(=O)N(c1ccccc1)C1CCN(CCc2cccc(O)c2)CC1.CCC(=O)N(c1ccccc1)C1CCN(CCc2cccc(OS(=O)(=O)c3ccc(C)cc3)c2)CC1.COS(=O)(=O)c1ccc(C)cc1. The van der Waals surface area contributed by atoms with Crippen molar-refractivity contribution in [3.8, 4) is 17.2 Å². The molecule has 14 rings (SSSR count). The summed E-state index contributed by atoms with van der Waals surface area (Å²) in [4.78, 5) is 68.5. The molecule has 4 amide bonds. The number of phenolic OH excluding ortho intramolecular Hbond substituents is 2. The lowest BCUT2D eigenvalue weighted by atomic mass is 10.0. The van der Waals surface area contributed by atoms with E-state index in [2.05, 4.69) is 79.2 Å². The summed E-state index contributed by atoms with van der Waals surface area (Å²) in [5.74, 6) is 1.79. The van der Waals surface area contributed by atoms with E-state index in [4.69, 9.17) is 4.18 Å². The van der Waals surface area contributed by atoms with E-state index in [1.807, 2.05) is 207 Å². The third-order valence-corrected chi connectivity index (χ3v) is 26.4. The molecule has 0 bridgehead atoms. The predicted molar refractivity (Wildman–Crippen MR) is 514 cm³/mol. The zero-order chi connectivity index (χ0) is 89.8. The minimum atomic E-state index is -3.87. The van der Waals surface area contributed by atoms with Crippen molar-refractivity contribution in [3.63, 3.8) is 0 Å². The van der Waals surface area contributed by atoms with E-state index in [1.165, 1.54) is 34.4 Å². The summed E-state index contributed by atoms with van der Waals surface area (Å²) in [6.45, 7) is 25.6. The van der Waals surface area contributed by atoms with Gasteiger partial charge in [-0.25, -0.2) is 0 Å². The Morgan fingerprint density at radius 3 is 0.850 bits per heavy atom.